The van der Waals surface area contributed by atoms with Crippen LogP contribution in [0.25, 0.3) is 11.0 Å². The highest BCUT2D eigenvalue weighted by Crippen LogP contribution is 2.29. The molecule has 3 aromatic rings. The van der Waals surface area contributed by atoms with Crippen molar-refractivity contribution in [2.24, 2.45) is 0 Å². The first-order chi connectivity index (χ1) is 16.6. The van der Waals surface area contributed by atoms with Crippen molar-refractivity contribution in [1.82, 2.24) is 24.8 Å². The molecule has 4 heterocycles. The van der Waals surface area contributed by atoms with Crippen LogP contribution in [0.15, 0.2) is 41.5 Å². The highest BCUT2D eigenvalue weighted by molar-refractivity contribution is 5.76. The topological polar surface area (TPSA) is 90.7 Å². The summed E-state index contributed by atoms with van der Waals surface area (Å²) < 4.78 is 18.4. The van der Waals surface area contributed by atoms with Gasteiger partial charge in [0.1, 0.15) is 19.0 Å². The van der Waals surface area contributed by atoms with Crippen LogP contribution in [0, 0.1) is 0 Å². The summed E-state index contributed by atoms with van der Waals surface area (Å²) in [5, 5.41) is 3.65. The summed E-state index contributed by atoms with van der Waals surface area (Å²) in [4.78, 5) is 23.8. The Morgan fingerprint density at radius 2 is 1.97 bits per heavy atom. The van der Waals surface area contributed by atoms with Crippen LogP contribution in [-0.2, 0) is 13.1 Å². The third-order valence-electron chi connectivity index (χ3n) is 6.74. The fourth-order valence-electron chi connectivity index (χ4n) is 4.80. The van der Waals surface area contributed by atoms with E-state index >= 15 is 0 Å². The molecule has 0 spiro atoms. The average Bonchev–Trinajstić information content (AvgIpc) is 2.87. The fraction of sp³-hybridized carbons (Fsp3) is 0.480. The van der Waals surface area contributed by atoms with Crippen molar-refractivity contribution in [3.8, 4) is 17.2 Å². The lowest BCUT2D eigenvalue weighted by Gasteiger charge is -2.38. The minimum atomic E-state index is -0.0862. The minimum absolute atomic E-state index is 0.0862. The van der Waals surface area contributed by atoms with Gasteiger partial charge in [0.2, 0.25) is 0 Å². The number of piperidine rings is 1. The van der Waals surface area contributed by atoms with Gasteiger partial charge in [-0.25, -0.2) is 4.98 Å². The summed E-state index contributed by atoms with van der Waals surface area (Å²) in [5.74, 6) is 2.22. The Kier molecular flexibility index (Phi) is 6.64. The van der Waals surface area contributed by atoms with Gasteiger partial charge < -0.3 is 24.1 Å². The van der Waals surface area contributed by atoms with Gasteiger partial charge in [-0.2, -0.15) is 0 Å². The molecule has 1 N–H and O–H groups in total. The second-order valence-electron chi connectivity index (χ2n) is 8.91. The van der Waals surface area contributed by atoms with Crippen molar-refractivity contribution >= 4 is 11.0 Å². The number of nitrogens with one attached hydrogen (secondary N) is 1. The van der Waals surface area contributed by atoms with Gasteiger partial charge in [-0.05, 0) is 38.4 Å². The number of hydrogen-bond acceptors (Lipinski definition) is 8. The van der Waals surface area contributed by atoms with Crippen LogP contribution in [-0.4, -0.2) is 64.9 Å². The van der Waals surface area contributed by atoms with Crippen LogP contribution >= 0.6 is 0 Å². The Bertz CT molecular complexity index is 1210. The number of fused-ring (bicyclic) bond motifs is 2. The standard InChI is InChI=1S/C25H31N5O4/c1-17-11-18(26-14-19-12-23-24(15-27-19)34-10-9-33-23)5-6-29(17)7-8-30-22-13-20(32-2)3-4-21(22)28-16-25(30)31/h3-4,12-13,15-18,26H,5-11,14H2,1-2H3. The van der Waals surface area contributed by atoms with Gasteiger partial charge in [0.05, 0.1) is 36.2 Å². The van der Waals surface area contributed by atoms with Gasteiger partial charge in [0.15, 0.2) is 11.5 Å². The van der Waals surface area contributed by atoms with Crippen molar-refractivity contribution in [3.05, 3.63) is 52.7 Å². The molecule has 0 amide bonds. The summed E-state index contributed by atoms with van der Waals surface area (Å²) in [5.41, 5.74) is 2.47. The summed E-state index contributed by atoms with van der Waals surface area (Å²) in [6.45, 7) is 6.52. The van der Waals surface area contributed by atoms with Crippen LogP contribution in [0.1, 0.15) is 25.5 Å². The molecule has 5 rings (SSSR count). The second kappa shape index (κ2) is 9.99. The number of nitrogens with zero attached hydrogens (tertiary/aromatic N) is 4. The van der Waals surface area contributed by atoms with E-state index in [1.807, 2.05) is 24.3 Å². The number of pyridine rings is 1. The number of methoxy groups -OCH3 is 1. The van der Waals surface area contributed by atoms with Crippen molar-refractivity contribution in [3.63, 3.8) is 0 Å². The first-order valence-corrected chi connectivity index (χ1v) is 11.9. The largest absolute Gasteiger partial charge is 0.497 e. The molecule has 9 heteroatoms. The molecular formula is C25H31N5O4. The van der Waals surface area contributed by atoms with Crippen LogP contribution < -0.4 is 25.1 Å². The van der Waals surface area contributed by atoms with Crippen molar-refractivity contribution < 1.29 is 14.2 Å². The maximum absolute atomic E-state index is 12.6. The monoisotopic (exact) mass is 465 g/mol. The Hall–Kier alpha value is -3.17. The molecular weight excluding hydrogens is 434 g/mol. The van der Waals surface area contributed by atoms with Gasteiger partial charge in [0, 0.05) is 43.9 Å². The Morgan fingerprint density at radius 1 is 1.12 bits per heavy atom. The SMILES string of the molecule is COc1ccc2ncc(=O)n(CCN3CCC(NCc4cc5c(cn4)OCCO5)CC3C)c2c1. The lowest BCUT2D eigenvalue weighted by molar-refractivity contribution is 0.131. The summed E-state index contributed by atoms with van der Waals surface area (Å²) in [6, 6.07) is 8.44. The zero-order valence-electron chi connectivity index (χ0n) is 19.7. The number of hydrogen-bond donors (Lipinski definition) is 1. The van der Waals surface area contributed by atoms with E-state index in [0.29, 0.717) is 38.4 Å². The van der Waals surface area contributed by atoms with Crippen molar-refractivity contribution in [2.45, 2.75) is 44.9 Å². The molecule has 0 bridgehead atoms. The summed E-state index contributed by atoms with van der Waals surface area (Å²) >= 11 is 0. The molecule has 0 aliphatic carbocycles. The van der Waals surface area contributed by atoms with Gasteiger partial charge in [0.25, 0.3) is 5.56 Å². The number of rotatable bonds is 7. The molecule has 9 nitrogen and oxygen atoms in total. The smallest absolute Gasteiger partial charge is 0.269 e. The molecule has 2 aliphatic rings. The van der Waals surface area contributed by atoms with E-state index in [2.05, 4.69) is 27.1 Å². The number of ether oxygens (including phenoxy) is 3. The van der Waals surface area contributed by atoms with E-state index in [1.165, 1.54) is 6.20 Å². The first kappa shape index (κ1) is 22.6. The lowest BCUT2D eigenvalue weighted by Crippen LogP contribution is -2.48. The van der Waals surface area contributed by atoms with Crippen molar-refractivity contribution in [1.29, 1.82) is 0 Å². The van der Waals surface area contributed by atoms with Gasteiger partial charge in [-0.1, -0.05) is 0 Å². The average molecular weight is 466 g/mol. The molecule has 0 saturated carbocycles. The molecule has 2 aliphatic heterocycles. The first-order valence-electron chi connectivity index (χ1n) is 11.9. The van der Waals surface area contributed by atoms with Gasteiger partial charge in [-0.3, -0.25) is 14.7 Å². The van der Waals surface area contributed by atoms with E-state index in [1.54, 1.807) is 17.9 Å². The third-order valence-corrected chi connectivity index (χ3v) is 6.74. The second-order valence-corrected chi connectivity index (χ2v) is 8.91. The fourth-order valence-corrected chi connectivity index (χ4v) is 4.80. The zero-order valence-corrected chi connectivity index (χ0v) is 19.7. The van der Waals surface area contributed by atoms with Crippen LogP contribution in [0.4, 0.5) is 0 Å². The van der Waals surface area contributed by atoms with E-state index in [4.69, 9.17) is 14.2 Å². The van der Waals surface area contributed by atoms with Gasteiger partial charge in [-0.15, -0.1) is 0 Å². The van der Waals surface area contributed by atoms with Crippen LogP contribution in [0.3, 0.4) is 0 Å². The predicted molar refractivity (Wildman–Crippen MR) is 129 cm³/mol. The maximum atomic E-state index is 12.6. The quantitative estimate of drug-likeness (QED) is 0.568. The van der Waals surface area contributed by atoms with E-state index in [0.717, 1.165) is 59.9 Å². The van der Waals surface area contributed by atoms with Gasteiger partial charge >= 0.3 is 0 Å². The molecule has 1 aromatic carbocycles. The molecule has 2 atom stereocenters. The molecule has 180 valence electrons. The molecule has 2 aromatic heterocycles. The highest BCUT2D eigenvalue weighted by Gasteiger charge is 2.25. The van der Waals surface area contributed by atoms with Crippen molar-refractivity contribution in [2.75, 3.05) is 33.4 Å². The summed E-state index contributed by atoms with van der Waals surface area (Å²) in [7, 11) is 1.63. The third kappa shape index (κ3) is 4.85. The van der Waals surface area contributed by atoms with E-state index < -0.39 is 0 Å². The minimum Gasteiger partial charge on any atom is -0.497 e. The van der Waals surface area contributed by atoms with E-state index in [9.17, 15) is 4.79 Å². The Morgan fingerprint density at radius 3 is 2.79 bits per heavy atom. The molecule has 1 saturated heterocycles. The normalized spacial score (nSPS) is 20.4. The molecule has 34 heavy (non-hydrogen) atoms. The Balaban J connectivity index is 1.17. The Labute approximate surface area is 198 Å². The molecule has 0 radical (unpaired) electrons. The predicted octanol–water partition coefficient (Wildman–Crippen LogP) is 2.21. The molecule has 1 fully saturated rings. The van der Waals surface area contributed by atoms with Crippen LogP contribution in [0.2, 0.25) is 0 Å². The number of benzene rings is 1. The zero-order chi connectivity index (χ0) is 23.5. The number of aromatic nitrogens is 3. The van der Waals surface area contributed by atoms with E-state index in [-0.39, 0.29) is 5.56 Å². The lowest BCUT2D eigenvalue weighted by atomic mass is 9.98. The number of likely N-dealkylation sites (tertiary alicyclic amines) is 1. The van der Waals surface area contributed by atoms with Crippen LogP contribution in [0.5, 0.6) is 17.2 Å². The highest BCUT2D eigenvalue weighted by atomic mass is 16.6. The maximum Gasteiger partial charge on any atom is 0.269 e. The molecule has 2 unspecified atom stereocenters. The summed E-state index contributed by atoms with van der Waals surface area (Å²) in [6.07, 6.45) is 5.25.